The van der Waals surface area contributed by atoms with Crippen molar-refractivity contribution in [2.75, 3.05) is 4.90 Å². The lowest BCUT2D eigenvalue weighted by atomic mass is 9.81. The fourth-order valence-electron chi connectivity index (χ4n) is 8.52. The van der Waals surface area contributed by atoms with Crippen LogP contribution >= 0.6 is 0 Å². The molecular formula is C51H38N2. The molecule has 0 aliphatic heterocycles. The van der Waals surface area contributed by atoms with Gasteiger partial charge in [0.05, 0.1) is 11.0 Å². The van der Waals surface area contributed by atoms with E-state index in [0.717, 1.165) is 22.7 Å². The van der Waals surface area contributed by atoms with Crippen molar-refractivity contribution in [1.29, 1.82) is 0 Å². The van der Waals surface area contributed by atoms with Gasteiger partial charge in [-0.2, -0.15) is 0 Å². The predicted molar refractivity (Wildman–Crippen MR) is 224 cm³/mol. The summed E-state index contributed by atoms with van der Waals surface area (Å²) in [6.07, 6.45) is 0. The Morgan fingerprint density at radius 3 is 1.60 bits per heavy atom. The predicted octanol–water partition coefficient (Wildman–Crippen LogP) is 13.9. The molecule has 1 aliphatic rings. The molecular weight excluding hydrogens is 641 g/mol. The second kappa shape index (κ2) is 12.3. The maximum Gasteiger partial charge on any atom is 0.0547 e. The fourth-order valence-corrected chi connectivity index (χ4v) is 8.52. The summed E-state index contributed by atoms with van der Waals surface area (Å²) in [5.74, 6) is 0. The Kier molecular flexibility index (Phi) is 7.19. The van der Waals surface area contributed by atoms with Crippen LogP contribution in [0.4, 0.5) is 17.1 Å². The lowest BCUT2D eigenvalue weighted by Gasteiger charge is -2.25. The van der Waals surface area contributed by atoms with Crippen LogP contribution in [0.15, 0.2) is 194 Å². The van der Waals surface area contributed by atoms with Crippen LogP contribution in [-0.2, 0) is 5.41 Å². The van der Waals surface area contributed by atoms with Crippen molar-refractivity contribution >= 4 is 38.9 Å². The van der Waals surface area contributed by atoms with E-state index >= 15 is 0 Å². The minimum absolute atomic E-state index is 0.0218. The van der Waals surface area contributed by atoms with Gasteiger partial charge in [0.2, 0.25) is 0 Å². The molecule has 1 aromatic heterocycles. The van der Waals surface area contributed by atoms with E-state index in [9.17, 15) is 0 Å². The van der Waals surface area contributed by atoms with E-state index in [1.54, 1.807) is 0 Å². The molecule has 0 saturated heterocycles. The van der Waals surface area contributed by atoms with E-state index in [1.807, 2.05) is 0 Å². The molecule has 1 heterocycles. The minimum atomic E-state index is -0.0218. The molecule has 0 atom stereocenters. The Bertz CT molecular complexity index is 2730. The molecule has 8 aromatic carbocycles. The van der Waals surface area contributed by atoms with E-state index in [-0.39, 0.29) is 5.41 Å². The number of nitrogens with zero attached hydrogens (tertiary/aromatic N) is 2. The molecule has 0 radical (unpaired) electrons. The highest BCUT2D eigenvalue weighted by atomic mass is 15.1. The molecule has 1 aliphatic carbocycles. The zero-order chi connectivity index (χ0) is 35.5. The molecule has 252 valence electrons. The van der Waals surface area contributed by atoms with Gasteiger partial charge >= 0.3 is 0 Å². The second-order valence-electron chi connectivity index (χ2n) is 14.6. The summed E-state index contributed by atoms with van der Waals surface area (Å²) < 4.78 is 2.42. The summed E-state index contributed by atoms with van der Waals surface area (Å²) in [7, 11) is 0. The van der Waals surface area contributed by atoms with Crippen LogP contribution in [0.5, 0.6) is 0 Å². The van der Waals surface area contributed by atoms with Gasteiger partial charge in [0.15, 0.2) is 0 Å². The summed E-state index contributed by atoms with van der Waals surface area (Å²) in [5, 5.41) is 2.51. The van der Waals surface area contributed by atoms with Gasteiger partial charge in [-0.05, 0) is 111 Å². The highest BCUT2D eigenvalue weighted by Gasteiger charge is 2.35. The summed E-state index contributed by atoms with van der Waals surface area (Å²) >= 11 is 0. The summed E-state index contributed by atoms with van der Waals surface area (Å²) in [6.45, 7) is 4.69. The fraction of sp³-hybridized carbons (Fsp3) is 0.0588. The van der Waals surface area contributed by atoms with Crippen molar-refractivity contribution in [3.05, 3.63) is 205 Å². The van der Waals surface area contributed by atoms with E-state index in [1.165, 1.54) is 66.3 Å². The Labute approximate surface area is 310 Å². The number of aromatic nitrogens is 1. The number of rotatable bonds is 6. The average Bonchev–Trinajstić information content (AvgIpc) is 3.67. The molecule has 0 bridgehead atoms. The van der Waals surface area contributed by atoms with Crippen LogP contribution in [0.3, 0.4) is 0 Å². The van der Waals surface area contributed by atoms with Crippen molar-refractivity contribution < 1.29 is 0 Å². The monoisotopic (exact) mass is 678 g/mol. The van der Waals surface area contributed by atoms with Gasteiger partial charge in [-0.1, -0.05) is 141 Å². The quantitative estimate of drug-likeness (QED) is 0.170. The van der Waals surface area contributed by atoms with E-state index in [2.05, 4.69) is 217 Å². The van der Waals surface area contributed by atoms with Crippen LogP contribution in [0.1, 0.15) is 25.0 Å². The van der Waals surface area contributed by atoms with E-state index in [0.29, 0.717) is 0 Å². The van der Waals surface area contributed by atoms with Gasteiger partial charge in [-0.15, -0.1) is 0 Å². The lowest BCUT2D eigenvalue weighted by Crippen LogP contribution is -2.14. The molecule has 0 fully saturated rings. The molecule has 2 nitrogen and oxygen atoms in total. The highest BCUT2D eigenvalue weighted by Crippen LogP contribution is 2.49. The third-order valence-electron chi connectivity index (χ3n) is 11.2. The normalized spacial score (nSPS) is 12.9. The molecule has 0 N–H and O–H groups in total. The smallest absolute Gasteiger partial charge is 0.0547 e. The Hall–Kier alpha value is -6.64. The first-order valence-electron chi connectivity index (χ1n) is 18.4. The molecule has 0 amide bonds. The molecule has 0 spiro atoms. The zero-order valence-electron chi connectivity index (χ0n) is 29.9. The topological polar surface area (TPSA) is 8.17 Å². The van der Waals surface area contributed by atoms with Crippen LogP contribution in [0.25, 0.3) is 60.9 Å². The van der Waals surface area contributed by atoms with Gasteiger partial charge in [0.25, 0.3) is 0 Å². The van der Waals surface area contributed by atoms with Gasteiger partial charge < -0.3 is 9.47 Å². The van der Waals surface area contributed by atoms with Crippen LogP contribution in [0.2, 0.25) is 0 Å². The Morgan fingerprint density at radius 2 is 0.887 bits per heavy atom. The highest BCUT2D eigenvalue weighted by molar-refractivity contribution is 6.10. The van der Waals surface area contributed by atoms with Gasteiger partial charge in [-0.25, -0.2) is 0 Å². The summed E-state index contributed by atoms with van der Waals surface area (Å²) in [6, 6.07) is 70.7. The number of benzene rings is 8. The molecule has 2 heteroatoms. The van der Waals surface area contributed by atoms with Crippen LogP contribution in [-0.4, -0.2) is 4.57 Å². The number of hydrogen-bond donors (Lipinski definition) is 0. The van der Waals surface area contributed by atoms with Crippen molar-refractivity contribution in [2.45, 2.75) is 19.3 Å². The first-order chi connectivity index (χ1) is 26.0. The Morgan fingerprint density at radius 1 is 0.377 bits per heavy atom. The number of hydrogen-bond acceptors (Lipinski definition) is 1. The van der Waals surface area contributed by atoms with Crippen molar-refractivity contribution in [3.63, 3.8) is 0 Å². The third-order valence-corrected chi connectivity index (χ3v) is 11.2. The second-order valence-corrected chi connectivity index (χ2v) is 14.6. The van der Waals surface area contributed by atoms with Crippen molar-refractivity contribution in [3.8, 4) is 39.1 Å². The first-order valence-corrected chi connectivity index (χ1v) is 18.4. The standard InChI is InChI=1S/C51H38N2/c1-51(2)47-19-11-9-17-43(47)44-31-25-37(33-48(44)51)35-23-29-42(30-24-35)53-49-20-12-10-18-45(49)46-32-26-38(34-50(46)53)36-21-27-41(28-22-36)52(39-13-5-3-6-14-39)40-15-7-4-8-16-40/h3-34H,1-2H3. The van der Waals surface area contributed by atoms with Crippen molar-refractivity contribution in [1.82, 2.24) is 4.57 Å². The van der Waals surface area contributed by atoms with Gasteiger partial charge in [0, 0.05) is 38.9 Å². The Balaban J connectivity index is 1.02. The number of anilines is 3. The average molecular weight is 679 g/mol. The molecule has 9 aromatic rings. The van der Waals surface area contributed by atoms with E-state index in [4.69, 9.17) is 0 Å². The molecule has 53 heavy (non-hydrogen) atoms. The van der Waals surface area contributed by atoms with Crippen molar-refractivity contribution in [2.24, 2.45) is 0 Å². The maximum absolute atomic E-state index is 2.42. The van der Waals surface area contributed by atoms with Crippen LogP contribution in [0, 0.1) is 0 Å². The minimum Gasteiger partial charge on any atom is -0.311 e. The number of para-hydroxylation sites is 3. The van der Waals surface area contributed by atoms with Gasteiger partial charge in [0.1, 0.15) is 0 Å². The summed E-state index contributed by atoms with van der Waals surface area (Å²) in [4.78, 5) is 2.30. The number of fused-ring (bicyclic) bond motifs is 6. The summed E-state index contributed by atoms with van der Waals surface area (Å²) in [5.41, 5.74) is 17.3. The first kappa shape index (κ1) is 31.1. The lowest BCUT2D eigenvalue weighted by molar-refractivity contribution is 0.660. The molecule has 10 rings (SSSR count). The molecule has 0 saturated carbocycles. The van der Waals surface area contributed by atoms with E-state index < -0.39 is 0 Å². The maximum atomic E-state index is 2.42. The third kappa shape index (κ3) is 5.10. The van der Waals surface area contributed by atoms with Gasteiger partial charge in [-0.3, -0.25) is 0 Å². The largest absolute Gasteiger partial charge is 0.311 e. The zero-order valence-corrected chi connectivity index (χ0v) is 29.9. The van der Waals surface area contributed by atoms with Crippen LogP contribution < -0.4 is 4.90 Å². The SMILES string of the molecule is CC1(C)c2ccccc2-c2ccc(-c3ccc(-n4c5ccccc5c5ccc(-c6ccc(N(c7ccccc7)c7ccccc7)cc6)cc54)cc3)cc21. The molecule has 0 unspecified atom stereocenters.